The summed E-state index contributed by atoms with van der Waals surface area (Å²) in [5, 5.41) is 2.99. The van der Waals surface area contributed by atoms with Crippen LogP contribution in [0.4, 0.5) is 0 Å². The van der Waals surface area contributed by atoms with Crippen LogP contribution in [0.25, 0.3) is 33.5 Å². The van der Waals surface area contributed by atoms with Crippen LogP contribution in [0.1, 0.15) is 25.0 Å². The molecule has 3 heterocycles. The van der Waals surface area contributed by atoms with E-state index in [2.05, 4.69) is 41.1 Å². The molecule has 2 aliphatic heterocycles. The molecule has 6 rings (SSSR count). The van der Waals surface area contributed by atoms with Gasteiger partial charge in [0.25, 0.3) is 0 Å². The molecule has 0 saturated carbocycles. The van der Waals surface area contributed by atoms with Gasteiger partial charge in [-0.05, 0) is 73.9 Å². The fraction of sp³-hybridized carbons (Fsp3) is 0.394. The average molecular weight is 557 g/mol. The van der Waals surface area contributed by atoms with Crippen molar-refractivity contribution in [1.29, 1.82) is 0 Å². The van der Waals surface area contributed by atoms with Gasteiger partial charge in [-0.2, -0.15) is 0 Å². The number of fused-ring (bicyclic) bond motifs is 1. The highest BCUT2D eigenvalue weighted by Crippen LogP contribution is 2.32. The topological polar surface area (TPSA) is 52.8 Å². The number of likely N-dealkylation sites (tertiary alicyclic amines) is 1. The molecule has 0 spiro atoms. The van der Waals surface area contributed by atoms with Crippen molar-refractivity contribution in [3.8, 4) is 22.7 Å². The number of aryl methyl sites for hydroxylation is 1. The van der Waals surface area contributed by atoms with Crippen LogP contribution >= 0.6 is 11.6 Å². The highest BCUT2D eigenvalue weighted by atomic mass is 35.5. The number of hydrogen-bond donors (Lipinski definition) is 0. The second kappa shape index (κ2) is 12.1. The van der Waals surface area contributed by atoms with Gasteiger partial charge in [-0.15, -0.1) is 0 Å². The van der Waals surface area contributed by atoms with Crippen LogP contribution in [0.15, 0.2) is 71.1 Å². The number of benzene rings is 3. The number of piperazine rings is 1. The Morgan fingerprint density at radius 3 is 2.35 bits per heavy atom. The third-order valence-corrected chi connectivity index (χ3v) is 8.71. The van der Waals surface area contributed by atoms with E-state index >= 15 is 0 Å². The molecular weight excluding hydrogens is 520 g/mol. The zero-order valence-electron chi connectivity index (χ0n) is 23.2. The Labute approximate surface area is 241 Å². The van der Waals surface area contributed by atoms with Crippen LogP contribution in [0.2, 0.25) is 5.02 Å². The minimum absolute atomic E-state index is 0.185. The number of rotatable bonds is 7. The van der Waals surface area contributed by atoms with E-state index in [0.717, 1.165) is 66.6 Å². The Bertz CT molecular complexity index is 1450. The fourth-order valence-electron chi connectivity index (χ4n) is 5.97. The second-order valence-corrected chi connectivity index (χ2v) is 11.7. The van der Waals surface area contributed by atoms with E-state index in [9.17, 15) is 4.79 Å². The number of halogens is 1. The number of piperidine rings is 1. The number of amides is 1. The van der Waals surface area contributed by atoms with Gasteiger partial charge in [-0.1, -0.05) is 54.1 Å². The van der Waals surface area contributed by atoms with E-state index in [-0.39, 0.29) is 5.91 Å². The van der Waals surface area contributed by atoms with Gasteiger partial charge >= 0.3 is 0 Å². The Kier molecular flexibility index (Phi) is 8.19. The molecule has 1 aromatic heterocycles. The highest BCUT2D eigenvalue weighted by Gasteiger charge is 2.25. The second-order valence-electron chi connectivity index (χ2n) is 11.3. The first kappa shape index (κ1) is 27.0. The van der Waals surface area contributed by atoms with Crippen LogP contribution < -0.4 is 0 Å². The molecule has 3 aromatic carbocycles. The van der Waals surface area contributed by atoms with Crippen molar-refractivity contribution in [3.05, 3.63) is 77.5 Å². The summed E-state index contributed by atoms with van der Waals surface area (Å²) in [4.78, 5) is 25.1. The molecule has 0 atom stereocenters. The predicted molar refractivity (Wildman–Crippen MR) is 161 cm³/mol. The molecular formula is C33H37ClN4O2. The lowest BCUT2D eigenvalue weighted by Crippen LogP contribution is -2.50. The Balaban J connectivity index is 1.13. The molecule has 1 amide bonds. The number of hydrogen-bond acceptors (Lipinski definition) is 5. The zero-order valence-corrected chi connectivity index (χ0v) is 23.9. The molecule has 2 fully saturated rings. The van der Waals surface area contributed by atoms with Crippen molar-refractivity contribution in [3.63, 3.8) is 0 Å². The summed E-state index contributed by atoms with van der Waals surface area (Å²) in [7, 11) is 2.21. The van der Waals surface area contributed by atoms with Crippen molar-refractivity contribution in [1.82, 2.24) is 19.7 Å². The van der Waals surface area contributed by atoms with Gasteiger partial charge < -0.3 is 14.2 Å². The van der Waals surface area contributed by atoms with Crippen LogP contribution in [0.3, 0.4) is 0 Å². The molecule has 6 nitrogen and oxygen atoms in total. The van der Waals surface area contributed by atoms with E-state index < -0.39 is 0 Å². The summed E-state index contributed by atoms with van der Waals surface area (Å²) in [6, 6.07) is 22.1. The molecule has 0 unspecified atom stereocenters. The average Bonchev–Trinajstić information content (AvgIpc) is 3.42. The van der Waals surface area contributed by atoms with Gasteiger partial charge in [0.1, 0.15) is 11.5 Å². The minimum Gasteiger partial charge on any atom is -0.440 e. The lowest BCUT2D eigenvalue weighted by molar-refractivity contribution is -0.133. The molecule has 0 radical (unpaired) electrons. The van der Waals surface area contributed by atoms with Crippen LogP contribution in [-0.2, 0) is 11.2 Å². The Hall–Kier alpha value is -3.19. The maximum atomic E-state index is 13.2. The van der Waals surface area contributed by atoms with Crippen LogP contribution in [0, 0.1) is 5.92 Å². The molecule has 2 saturated heterocycles. The number of nitrogens with zero attached hydrogens (tertiary/aromatic N) is 4. The third-order valence-electron chi connectivity index (χ3n) is 8.46. The monoisotopic (exact) mass is 556 g/mol. The first-order valence-electron chi connectivity index (χ1n) is 14.5. The number of carbonyl (C=O) groups excluding carboxylic acids is 1. The van der Waals surface area contributed by atoms with Crippen molar-refractivity contribution in [2.45, 2.75) is 25.7 Å². The highest BCUT2D eigenvalue weighted by molar-refractivity contribution is 6.30. The van der Waals surface area contributed by atoms with E-state index in [4.69, 9.17) is 21.0 Å². The molecule has 208 valence electrons. The van der Waals surface area contributed by atoms with Crippen molar-refractivity contribution in [2.24, 2.45) is 5.92 Å². The standard InChI is InChI=1S/C33H37ClN4O2/c1-36-16-14-24(15-17-36)23-37-18-20-38(21-19-37)31(39)13-12-30-32(26-8-10-29(34)11-9-26)35-33(40-30)28-7-6-25-4-2-3-5-27(25)22-28/h2-11,22,24H,12-21,23H2,1H3. The van der Waals surface area contributed by atoms with Crippen molar-refractivity contribution < 1.29 is 9.21 Å². The molecule has 2 aliphatic rings. The van der Waals surface area contributed by atoms with Crippen molar-refractivity contribution in [2.75, 3.05) is 52.9 Å². The third kappa shape index (κ3) is 6.25. The van der Waals surface area contributed by atoms with Gasteiger partial charge in [-0.25, -0.2) is 4.98 Å². The molecule has 7 heteroatoms. The first-order chi connectivity index (χ1) is 19.5. The number of carbonyl (C=O) groups is 1. The SMILES string of the molecule is CN1CCC(CN2CCN(C(=O)CCc3oc(-c4ccc5ccccc5c4)nc3-c3ccc(Cl)cc3)CC2)CC1. The fourth-order valence-corrected chi connectivity index (χ4v) is 6.09. The van der Waals surface area contributed by atoms with Gasteiger partial charge in [0.05, 0.1) is 0 Å². The van der Waals surface area contributed by atoms with Gasteiger partial charge in [0.2, 0.25) is 11.8 Å². The molecule has 40 heavy (non-hydrogen) atoms. The summed E-state index contributed by atoms with van der Waals surface area (Å²) in [5.74, 6) is 2.28. The van der Waals surface area contributed by atoms with E-state index in [1.54, 1.807) is 0 Å². The van der Waals surface area contributed by atoms with Crippen molar-refractivity contribution >= 4 is 28.3 Å². The molecule has 0 aliphatic carbocycles. The smallest absolute Gasteiger partial charge is 0.226 e. The molecule has 4 aromatic rings. The molecule has 0 N–H and O–H groups in total. The van der Waals surface area contributed by atoms with E-state index in [0.29, 0.717) is 23.8 Å². The van der Waals surface area contributed by atoms with Gasteiger partial charge in [-0.3, -0.25) is 9.69 Å². The summed E-state index contributed by atoms with van der Waals surface area (Å²) >= 11 is 6.16. The van der Waals surface area contributed by atoms with E-state index in [1.165, 1.54) is 31.3 Å². The van der Waals surface area contributed by atoms with E-state index in [1.807, 2.05) is 47.4 Å². The summed E-state index contributed by atoms with van der Waals surface area (Å²) < 4.78 is 6.35. The van der Waals surface area contributed by atoms with Crippen LogP contribution in [0.5, 0.6) is 0 Å². The number of oxazole rings is 1. The lowest BCUT2D eigenvalue weighted by Gasteiger charge is -2.38. The van der Waals surface area contributed by atoms with Gasteiger partial charge in [0.15, 0.2) is 0 Å². The minimum atomic E-state index is 0.185. The Morgan fingerprint density at radius 2 is 1.60 bits per heavy atom. The quantitative estimate of drug-likeness (QED) is 0.270. The zero-order chi connectivity index (χ0) is 27.5. The normalized spacial score (nSPS) is 17.5. The summed E-state index contributed by atoms with van der Waals surface area (Å²) in [5.41, 5.74) is 2.63. The van der Waals surface area contributed by atoms with Gasteiger partial charge in [0, 0.05) is 61.7 Å². The maximum Gasteiger partial charge on any atom is 0.226 e. The van der Waals surface area contributed by atoms with Crippen LogP contribution in [-0.4, -0.2) is 78.5 Å². The largest absolute Gasteiger partial charge is 0.440 e. The summed E-state index contributed by atoms with van der Waals surface area (Å²) in [6.45, 7) is 7.08. The summed E-state index contributed by atoms with van der Waals surface area (Å²) in [6.07, 6.45) is 3.48. The number of aromatic nitrogens is 1. The Morgan fingerprint density at radius 1 is 0.900 bits per heavy atom. The molecule has 0 bridgehead atoms. The maximum absolute atomic E-state index is 13.2. The predicted octanol–water partition coefficient (Wildman–Crippen LogP) is 6.23. The first-order valence-corrected chi connectivity index (χ1v) is 14.8. The lowest BCUT2D eigenvalue weighted by atomic mass is 9.96.